The van der Waals surface area contributed by atoms with Gasteiger partial charge in [-0.2, -0.15) is 5.10 Å². The van der Waals surface area contributed by atoms with Gasteiger partial charge in [-0.05, 0) is 19.2 Å². The van der Waals surface area contributed by atoms with Gasteiger partial charge in [0.1, 0.15) is 6.04 Å². The van der Waals surface area contributed by atoms with Crippen LogP contribution in [0.15, 0.2) is 42.7 Å². The van der Waals surface area contributed by atoms with E-state index in [1.165, 1.54) is 0 Å². The van der Waals surface area contributed by atoms with E-state index in [0.29, 0.717) is 13.0 Å². The molecule has 0 radical (unpaired) electrons. The van der Waals surface area contributed by atoms with E-state index in [1.807, 2.05) is 37.4 Å². The van der Waals surface area contributed by atoms with E-state index in [1.54, 1.807) is 29.0 Å². The average Bonchev–Trinajstić information content (AvgIpc) is 3.15. The second kappa shape index (κ2) is 8.13. The van der Waals surface area contributed by atoms with Gasteiger partial charge >= 0.3 is 0 Å². The van der Waals surface area contributed by atoms with Crippen LogP contribution in [0.25, 0.3) is 0 Å². The van der Waals surface area contributed by atoms with Crippen LogP contribution in [0.2, 0.25) is 0 Å². The van der Waals surface area contributed by atoms with Gasteiger partial charge in [0.05, 0.1) is 12.2 Å². The summed E-state index contributed by atoms with van der Waals surface area (Å²) in [7, 11) is 3.54. The number of nitrogens with zero attached hydrogens (tertiary/aromatic N) is 3. The summed E-state index contributed by atoms with van der Waals surface area (Å²) < 4.78 is 1.66. The van der Waals surface area contributed by atoms with Gasteiger partial charge in [-0.15, -0.1) is 12.4 Å². The SMILES string of the molecule is CNC(C(=O)NC1CC(=O)N(c2ccccc2)C1)c1cnn(C)c1.Cl. The molecule has 2 amide bonds. The monoisotopic (exact) mass is 363 g/mol. The first-order chi connectivity index (χ1) is 11.6. The van der Waals surface area contributed by atoms with Crippen molar-refractivity contribution in [2.24, 2.45) is 7.05 Å². The Balaban J connectivity index is 0.00000225. The predicted octanol–water partition coefficient (Wildman–Crippen LogP) is 1.02. The molecule has 2 unspecified atom stereocenters. The molecule has 2 atom stereocenters. The van der Waals surface area contributed by atoms with Crippen molar-refractivity contribution in [3.05, 3.63) is 48.3 Å². The van der Waals surface area contributed by atoms with Crippen molar-refractivity contribution in [1.29, 1.82) is 0 Å². The summed E-state index contributed by atoms with van der Waals surface area (Å²) in [6, 6.07) is 8.82. The number of aromatic nitrogens is 2. The molecule has 0 spiro atoms. The van der Waals surface area contributed by atoms with Crippen molar-refractivity contribution >= 4 is 29.9 Å². The predicted molar refractivity (Wildman–Crippen MR) is 97.6 cm³/mol. The number of likely N-dealkylation sites (N-methyl/N-ethyl adjacent to an activating group) is 1. The van der Waals surface area contributed by atoms with Gasteiger partial charge in [-0.1, -0.05) is 18.2 Å². The van der Waals surface area contributed by atoms with Crippen LogP contribution in [0, 0.1) is 0 Å². The standard InChI is InChI=1S/C17H21N5O2.ClH/c1-18-16(12-9-19-21(2)10-12)17(24)20-13-8-15(23)22(11-13)14-6-4-3-5-7-14;/h3-7,9-10,13,16,18H,8,11H2,1-2H3,(H,20,24);1H. The molecule has 1 aromatic heterocycles. The maximum absolute atomic E-state index is 12.5. The highest BCUT2D eigenvalue weighted by molar-refractivity contribution is 5.97. The number of aryl methyl sites for hydroxylation is 1. The number of nitrogens with one attached hydrogen (secondary N) is 2. The van der Waals surface area contributed by atoms with Crippen molar-refractivity contribution in [3.63, 3.8) is 0 Å². The lowest BCUT2D eigenvalue weighted by Gasteiger charge is -2.19. The Kier molecular flexibility index (Phi) is 6.17. The first kappa shape index (κ1) is 19.0. The molecule has 2 aromatic rings. The number of amides is 2. The number of carbonyl (C=O) groups is 2. The molecule has 3 rings (SSSR count). The van der Waals surface area contributed by atoms with Gasteiger partial charge in [0, 0.05) is 37.5 Å². The van der Waals surface area contributed by atoms with Crippen LogP contribution in [0.4, 0.5) is 5.69 Å². The zero-order chi connectivity index (χ0) is 17.1. The first-order valence-corrected chi connectivity index (χ1v) is 7.90. The largest absolute Gasteiger partial charge is 0.349 e. The van der Waals surface area contributed by atoms with Crippen LogP contribution in [0.1, 0.15) is 18.0 Å². The van der Waals surface area contributed by atoms with Crippen molar-refractivity contribution in [2.75, 3.05) is 18.5 Å². The second-order valence-corrected chi connectivity index (χ2v) is 5.92. The van der Waals surface area contributed by atoms with Gasteiger partial charge in [0.15, 0.2) is 0 Å². The number of hydrogen-bond acceptors (Lipinski definition) is 4. The summed E-state index contributed by atoms with van der Waals surface area (Å²) in [6.07, 6.45) is 3.78. The Morgan fingerprint density at radius 1 is 1.32 bits per heavy atom. The molecule has 1 aliphatic heterocycles. The molecule has 1 saturated heterocycles. The third-order valence-electron chi connectivity index (χ3n) is 4.15. The van der Waals surface area contributed by atoms with E-state index in [9.17, 15) is 9.59 Å². The molecule has 2 N–H and O–H groups in total. The van der Waals surface area contributed by atoms with Gasteiger partial charge in [-0.25, -0.2) is 0 Å². The third-order valence-corrected chi connectivity index (χ3v) is 4.15. The van der Waals surface area contributed by atoms with E-state index in [0.717, 1.165) is 11.3 Å². The first-order valence-electron chi connectivity index (χ1n) is 7.90. The zero-order valence-corrected chi connectivity index (χ0v) is 15.0. The smallest absolute Gasteiger partial charge is 0.242 e. The van der Waals surface area contributed by atoms with Crippen molar-refractivity contribution < 1.29 is 9.59 Å². The van der Waals surface area contributed by atoms with Crippen molar-refractivity contribution in [1.82, 2.24) is 20.4 Å². The van der Waals surface area contributed by atoms with Crippen molar-refractivity contribution in [3.8, 4) is 0 Å². The molecule has 0 bridgehead atoms. The maximum Gasteiger partial charge on any atom is 0.242 e. The number of hydrogen-bond donors (Lipinski definition) is 2. The molecule has 134 valence electrons. The third kappa shape index (κ3) is 4.18. The Morgan fingerprint density at radius 3 is 2.64 bits per heavy atom. The minimum absolute atomic E-state index is 0. The summed E-state index contributed by atoms with van der Waals surface area (Å²) in [5, 5.41) is 10.1. The van der Waals surface area contributed by atoms with Crippen LogP contribution in [-0.2, 0) is 16.6 Å². The van der Waals surface area contributed by atoms with Crippen LogP contribution in [-0.4, -0.2) is 41.2 Å². The number of rotatable bonds is 5. The van der Waals surface area contributed by atoms with E-state index in [4.69, 9.17) is 0 Å². The highest BCUT2D eigenvalue weighted by Gasteiger charge is 2.33. The van der Waals surface area contributed by atoms with Gasteiger partial charge in [-0.3, -0.25) is 14.3 Å². The minimum atomic E-state index is -0.487. The molecule has 8 heteroatoms. The molecular formula is C17H22ClN5O2. The summed E-state index contributed by atoms with van der Waals surface area (Å²) in [5.74, 6) is -0.132. The zero-order valence-electron chi connectivity index (χ0n) is 14.2. The van der Waals surface area contributed by atoms with E-state index >= 15 is 0 Å². The fraction of sp³-hybridized carbons (Fsp3) is 0.353. The summed E-state index contributed by atoms with van der Waals surface area (Å²) in [6.45, 7) is 0.484. The Bertz CT molecular complexity index is 734. The van der Waals surface area contributed by atoms with E-state index in [-0.39, 0.29) is 30.3 Å². The highest BCUT2D eigenvalue weighted by Crippen LogP contribution is 2.21. The molecule has 1 aromatic carbocycles. The average molecular weight is 364 g/mol. The topological polar surface area (TPSA) is 79.3 Å². The molecule has 25 heavy (non-hydrogen) atoms. The Morgan fingerprint density at radius 2 is 2.04 bits per heavy atom. The van der Waals surface area contributed by atoms with Gasteiger partial charge in [0.25, 0.3) is 0 Å². The molecule has 1 fully saturated rings. The lowest BCUT2D eigenvalue weighted by molar-refractivity contribution is -0.123. The minimum Gasteiger partial charge on any atom is -0.349 e. The fourth-order valence-corrected chi connectivity index (χ4v) is 2.98. The van der Waals surface area contributed by atoms with Crippen LogP contribution in [0.5, 0.6) is 0 Å². The maximum atomic E-state index is 12.5. The van der Waals surface area contributed by atoms with E-state index < -0.39 is 6.04 Å². The Hall–Kier alpha value is -2.38. The summed E-state index contributed by atoms with van der Waals surface area (Å²) >= 11 is 0. The highest BCUT2D eigenvalue weighted by atomic mass is 35.5. The molecule has 0 aliphatic carbocycles. The molecular weight excluding hydrogens is 342 g/mol. The lowest BCUT2D eigenvalue weighted by atomic mass is 10.1. The normalized spacial score (nSPS) is 17.9. The number of para-hydroxylation sites is 1. The van der Waals surface area contributed by atoms with Crippen LogP contribution in [0.3, 0.4) is 0 Å². The summed E-state index contributed by atoms with van der Waals surface area (Å²) in [4.78, 5) is 26.5. The van der Waals surface area contributed by atoms with Gasteiger partial charge in [0.2, 0.25) is 11.8 Å². The molecule has 7 nitrogen and oxygen atoms in total. The quantitative estimate of drug-likeness (QED) is 0.831. The van der Waals surface area contributed by atoms with Crippen molar-refractivity contribution in [2.45, 2.75) is 18.5 Å². The second-order valence-electron chi connectivity index (χ2n) is 5.92. The van der Waals surface area contributed by atoms with Crippen LogP contribution < -0.4 is 15.5 Å². The fourth-order valence-electron chi connectivity index (χ4n) is 2.98. The number of benzene rings is 1. The number of halogens is 1. The lowest BCUT2D eigenvalue weighted by Crippen LogP contribution is -2.43. The molecule has 2 heterocycles. The summed E-state index contributed by atoms with van der Waals surface area (Å²) in [5.41, 5.74) is 1.65. The number of carbonyl (C=O) groups excluding carboxylic acids is 2. The Labute approximate surface area is 152 Å². The molecule has 0 saturated carbocycles. The van der Waals surface area contributed by atoms with Gasteiger partial charge < -0.3 is 15.5 Å². The molecule has 1 aliphatic rings. The number of anilines is 1. The van der Waals surface area contributed by atoms with E-state index in [2.05, 4.69) is 15.7 Å². The van der Waals surface area contributed by atoms with Crippen LogP contribution >= 0.6 is 12.4 Å².